The van der Waals surface area contributed by atoms with Crippen LogP contribution in [0.1, 0.15) is 19.8 Å². The summed E-state index contributed by atoms with van der Waals surface area (Å²) in [5.74, 6) is 0.0785. The third kappa shape index (κ3) is 13.2. The fourth-order valence-corrected chi connectivity index (χ4v) is 3.13. The van der Waals surface area contributed by atoms with Gasteiger partial charge in [-0.2, -0.15) is 8.42 Å². The molecule has 1 aromatic heterocycles. The minimum atomic E-state index is -3.98. The van der Waals surface area contributed by atoms with Crippen LogP contribution in [0.25, 0.3) is 0 Å². The Balaban J connectivity index is -0.00000196. The molecule has 0 atom stereocenters. The number of aromatic hydroxyl groups is 1. The predicted octanol–water partition coefficient (Wildman–Crippen LogP) is 2.05. The number of nitrogens with zero attached hydrogens (tertiary/aromatic N) is 4. The number of aromatic nitrogens is 1. The first-order valence-electron chi connectivity index (χ1n) is 8.35. The van der Waals surface area contributed by atoms with Crippen LogP contribution in [0, 0.1) is 0 Å². The first-order chi connectivity index (χ1) is 12.8. The van der Waals surface area contributed by atoms with E-state index in [2.05, 4.69) is 31.1 Å². The summed E-state index contributed by atoms with van der Waals surface area (Å²) in [6.07, 6.45) is 2.74. The van der Waals surface area contributed by atoms with Gasteiger partial charge in [0.05, 0.1) is 5.75 Å². The van der Waals surface area contributed by atoms with Crippen LogP contribution in [-0.2, 0) is 10.1 Å². The molecule has 31 heavy (non-hydrogen) atoms. The van der Waals surface area contributed by atoms with Gasteiger partial charge in [-0.3, -0.25) is 4.55 Å². The maximum absolute atomic E-state index is 10.9. The van der Waals surface area contributed by atoms with Gasteiger partial charge in [0.2, 0.25) is 0 Å². The summed E-state index contributed by atoms with van der Waals surface area (Å²) in [5, 5.41) is 18.2. The summed E-state index contributed by atoms with van der Waals surface area (Å²) in [6, 6.07) is 8.47. The largest absolute Gasteiger partial charge is 0.506 e. The number of benzene rings is 1. The molecule has 2 aromatic rings. The Morgan fingerprint density at radius 3 is 2.29 bits per heavy atom. The Bertz CT molecular complexity index is 904. The van der Waals surface area contributed by atoms with Gasteiger partial charge in [0.1, 0.15) is 11.4 Å². The van der Waals surface area contributed by atoms with Crippen LogP contribution < -0.4 is 4.90 Å². The molecule has 0 aliphatic rings. The zero-order valence-electron chi connectivity index (χ0n) is 17.8. The van der Waals surface area contributed by atoms with E-state index in [0.717, 1.165) is 16.6 Å². The van der Waals surface area contributed by atoms with E-state index >= 15 is 0 Å². The molecule has 10 nitrogen and oxygen atoms in total. The summed E-state index contributed by atoms with van der Waals surface area (Å²) in [4.78, 5) is 6.03. The van der Waals surface area contributed by atoms with Gasteiger partial charge in [-0.05, 0) is 53.0 Å². The molecule has 0 aliphatic heterocycles. The third-order valence-corrected chi connectivity index (χ3v) is 4.89. The molecule has 1 aromatic carbocycles. The Labute approximate surface area is 234 Å². The molecule has 14 heteroatoms. The molecular formula is C17H25BrN4Na2O6S. The van der Waals surface area contributed by atoms with Crippen molar-refractivity contribution in [3.05, 3.63) is 41.0 Å². The number of azo groups is 1. The number of hydrogen-bond donors (Lipinski definition) is 2. The normalized spacial score (nSPS) is 10.3. The Hall–Kier alpha value is -0.120. The van der Waals surface area contributed by atoms with E-state index < -0.39 is 10.1 Å². The minimum absolute atomic E-state index is 0. The summed E-state index contributed by atoms with van der Waals surface area (Å²) >= 11 is 3.29. The van der Waals surface area contributed by atoms with Gasteiger partial charge in [-0.1, -0.05) is 6.92 Å². The maximum Gasteiger partial charge on any atom is 0.264 e. The molecule has 0 saturated carbocycles. The van der Waals surface area contributed by atoms with Crippen molar-refractivity contribution in [3.8, 4) is 5.75 Å². The van der Waals surface area contributed by atoms with Gasteiger partial charge in [0.15, 0.2) is 5.82 Å². The minimum Gasteiger partial charge on any atom is -0.506 e. The van der Waals surface area contributed by atoms with E-state index in [0.29, 0.717) is 24.6 Å². The van der Waals surface area contributed by atoms with Gasteiger partial charge >= 0.3 is 0 Å². The molecule has 2 rings (SSSR count). The van der Waals surface area contributed by atoms with Gasteiger partial charge in [-0.15, -0.1) is 10.2 Å². The van der Waals surface area contributed by atoms with Gasteiger partial charge < -0.3 is 21.0 Å². The first-order valence-corrected chi connectivity index (χ1v) is 10.7. The van der Waals surface area contributed by atoms with E-state index in [4.69, 9.17) is 4.55 Å². The van der Waals surface area contributed by atoms with Crippen molar-refractivity contribution in [2.24, 2.45) is 10.2 Å². The molecule has 2 radical (unpaired) electrons. The molecular weight excluding hydrogens is 514 g/mol. The maximum atomic E-state index is 10.9. The van der Waals surface area contributed by atoms with Crippen LogP contribution in [0.4, 0.5) is 17.2 Å². The van der Waals surface area contributed by atoms with Crippen molar-refractivity contribution in [1.82, 2.24) is 4.98 Å². The van der Waals surface area contributed by atoms with Crippen LogP contribution in [0.2, 0.25) is 0 Å². The molecule has 164 valence electrons. The Morgan fingerprint density at radius 1 is 1.10 bits per heavy atom. The SMILES string of the molecule is CCCN(CCCS(=O)(=O)O)c1ccc(N=Nc2ccc(Br)cn2)c(O)c1.O.O.[Na].[Na]. The van der Waals surface area contributed by atoms with E-state index in [1.165, 1.54) is 0 Å². The van der Waals surface area contributed by atoms with E-state index in [9.17, 15) is 13.5 Å². The van der Waals surface area contributed by atoms with Crippen molar-refractivity contribution in [1.29, 1.82) is 0 Å². The van der Waals surface area contributed by atoms with Crippen LogP contribution in [0.3, 0.4) is 0 Å². The number of hydrogen-bond acceptors (Lipinski definition) is 7. The molecule has 0 spiro atoms. The van der Waals surface area contributed by atoms with Crippen molar-refractivity contribution < 1.29 is 29.0 Å². The van der Waals surface area contributed by atoms with Gasteiger partial charge in [-0.25, -0.2) is 4.98 Å². The average Bonchev–Trinajstić information content (AvgIpc) is 2.60. The number of anilines is 1. The Kier molecular flexibility index (Phi) is 19.9. The molecule has 6 N–H and O–H groups in total. The zero-order valence-corrected chi connectivity index (χ0v) is 24.2. The fourth-order valence-electron chi connectivity index (χ4n) is 2.40. The molecule has 1 heterocycles. The summed E-state index contributed by atoms with van der Waals surface area (Å²) in [5.41, 5.74) is 1.04. The first kappa shape index (κ1) is 35.5. The van der Waals surface area contributed by atoms with Crippen molar-refractivity contribution in [2.45, 2.75) is 19.8 Å². The number of halogens is 1. The Morgan fingerprint density at radius 2 is 1.77 bits per heavy atom. The number of rotatable bonds is 9. The molecule has 0 bridgehead atoms. The summed E-state index contributed by atoms with van der Waals surface area (Å²) < 4.78 is 31.5. The molecule has 0 amide bonds. The van der Waals surface area contributed by atoms with E-state index in [1.807, 2.05) is 11.8 Å². The quantitative estimate of drug-likeness (QED) is 0.280. The fraction of sp³-hybridized carbons (Fsp3) is 0.353. The standard InChI is InChI=1S/C17H21BrN4O4S.2Na.2H2O/c1-2-8-22(9-3-10-27(24,25)26)14-5-6-15(16(23)11-14)20-21-17-7-4-13(18)12-19-17;;;;/h4-7,11-12,23H,2-3,8-10H2,1H3,(H,24,25,26);;;2*1H2. The smallest absolute Gasteiger partial charge is 0.264 e. The monoisotopic (exact) mass is 538 g/mol. The molecule has 0 aliphatic carbocycles. The second-order valence-corrected chi connectivity index (χ2v) is 8.32. The van der Waals surface area contributed by atoms with E-state index in [-0.39, 0.29) is 88.0 Å². The van der Waals surface area contributed by atoms with Crippen molar-refractivity contribution in [2.75, 3.05) is 23.7 Å². The van der Waals surface area contributed by atoms with Crippen LogP contribution in [0.5, 0.6) is 5.75 Å². The summed E-state index contributed by atoms with van der Waals surface area (Å²) in [7, 11) is -3.98. The predicted molar refractivity (Wildman–Crippen MR) is 126 cm³/mol. The van der Waals surface area contributed by atoms with Crippen LogP contribution in [0.15, 0.2) is 51.2 Å². The second-order valence-electron chi connectivity index (χ2n) is 5.83. The topological polar surface area (TPSA) is 178 Å². The summed E-state index contributed by atoms with van der Waals surface area (Å²) in [6.45, 7) is 3.13. The van der Waals surface area contributed by atoms with Gasteiger partial charge in [0.25, 0.3) is 10.1 Å². The molecule has 0 saturated heterocycles. The third-order valence-electron chi connectivity index (χ3n) is 3.62. The number of phenolic OH excluding ortho intramolecular Hbond substituents is 1. The van der Waals surface area contributed by atoms with Crippen LogP contribution >= 0.6 is 15.9 Å². The molecule has 0 unspecified atom stereocenters. The molecule has 0 fully saturated rings. The van der Waals surface area contributed by atoms with Crippen molar-refractivity contribution >= 4 is 102 Å². The second kappa shape index (κ2) is 17.4. The van der Waals surface area contributed by atoms with Crippen LogP contribution in [-0.4, -0.2) is 112 Å². The number of pyridine rings is 1. The average molecular weight is 539 g/mol. The number of phenols is 1. The van der Waals surface area contributed by atoms with E-state index in [1.54, 1.807) is 36.5 Å². The van der Waals surface area contributed by atoms with Crippen molar-refractivity contribution in [3.63, 3.8) is 0 Å². The van der Waals surface area contributed by atoms with Gasteiger partial charge in [0, 0.05) is 94.6 Å². The zero-order chi connectivity index (χ0) is 19.9.